The van der Waals surface area contributed by atoms with Crippen LogP contribution in [0.4, 0.5) is 0 Å². The third-order valence-electron chi connectivity index (χ3n) is 7.17. The first-order chi connectivity index (χ1) is 12.4. The fraction of sp³-hybridized carbons (Fsp3) is 0.727. The van der Waals surface area contributed by atoms with E-state index in [0.29, 0.717) is 11.5 Å². The van der Waals surface area contributed by atoms with Crippen LogP contribution < -0.4 is 4.74 Å². The summed E-state index contributed by atoms with van der Waals surface area (Å²) in [5.41, 5.74) is 0.734. The molecule has 0 unspecified atom stereocenters. The minimum Gasteiger partial charge on any atom is -0.497 e. The van der Waals surface area contributed by atoms with E-state index in [9.17, 15) is 0 Å². The molecule has 1 aromatic rings. The number of benzene rings is 1. The van der Waals surface area contributed by atoms with E-state index >= 15 is 0 Å². The molecule has 3 fully saturated rings. The second kappa shape index (κ2) is 7.25. The summed E-state index contributed by atoms with van der Waals surface area (Å²) in [6.45, 7) is 7.30. The molecule has 0 bridgehead atoms. The van der Waals surface area contributed by atoms with Crippen molar-refractivity contribution in [3.05, 3.63) is 24.3 Å². The molecule has 1 aliphatic heterocycles. The van der Waals surface area contributed by atoms with Crippen LogP contribution in [-0.4, -0.2) is 24.6 Å². The number of hydrogen-bond donors (Lipinski definition) is 0. The molecule has 2 nitrogen and oxygen atoms in total. The van der Waals surface area contributed by atoms with Gasteiger partial charge in [0.05, 0.1) is 18.8 Å². The van der Waals surface area contributed by atoms with Gasteiger partial charge in [-0.3, -0.25) is 0 Å². The summed E-state index contributed by atoms with van der Waals surface area (Å²) in [5.74, 6) is 4.85. The Balaban J connectivity index is 1.36. The van der Waals surface area contributed by atoms with Crippen LogP contribution in [0.25, 0.3) is 0 Å². The fourth-order valence-corrected chi connectivity index (χ4v) is 7.85. The molecule has 0 radical (unpaired) electrons. The van der Waals surface area contributed by atoms with Gasteiger partial charge < -0.3 is 9.47 Å². The van der Waals surface area contributed by atoms with Crippen molar-refractivity contribution in [2.45, 2.75) is 69.5 Å². The van der Waals surface area contributed by atoms with E-state index in [2.05, 4.69) is 45.0 Å². The number of hydrogen-bond acceptors (Lipinski definition) is 4. The lowest BCUT2D eigenvalue weighted by atomic mass is 9.51. The molecule has 4 heteroatoms. The summed E-state index contributed by atoms with van der Waals surface area (Å²) in [6.07, 6.45) is 7.18. The molecule has 0 N–H and O–H groups in total. The molecular weight excluding hydrogens is 360 g/mol. The predicted octanol–water partition coefficient (Wildman–Crippen LogP) is 6.45. The summed E-state index contributed by atoms with van der Waals surface area (Å²) in [7, 11) is 5.68. The maximum Gasteiger partial charge on any atom is 0.118 e. The van der Waals surface area contributed by atoms with E-state index in [1.165, 1.54) is 42.8 Å². The summed E-state index contributed by atoms with van der Waals surface area (Å²) < 4.78 is 11.3. The first-order valence-electron chi connectivity index (χ1n) is 10.0. The number of rotatable bonds is 5. The number of fused-ring (bicyclic) bond motifs is 2. The first kappa shape index (κ1) is 19.0. The van der Waals surface area contributed by atoms with Crippen LogP contribution in [0.2, 0.25) is 0 Å². The molecule has 26 heavy (non-hydrogen) atoms. The molecule has 0 spiro atoms. The Morgan fingerprint density at radius 2 is 1.88 bits per heavy atom. The highest BCUT2D eigenvalue weighted by Crippen LogP contribution is 2.60. The van der Waals surface area contributed by atoms with Crippen molar-refractivity contribution in [3.8, 4) is 5.75 Å². The SMILES string of the molecule is COc1ccc(SSC[C@@H]2CC[C@H]3O[C@]3(C)CC[C@@H]3[C@@H]2CC3(C)C)cc1. The molecule has 2 saturated carbocycles. The van der Waals surface area contributed by atoms with E-state index in [0.717, 1.165) is 23.5 Å². The quantitative estimate of drug-likeness (QED) is 0.424. The van der Waals surface area contributed by atoms with Gasteiger partial charge in [-0.2, -0.15) is 0 Å². The molecule has 1 saturated heterocycles. The third-order valence-corrected chi connectivity index (χ3v) is 9.66. The Morgan fingerprint density at radius 3 is 2.58 bits per heavy atom. The van der Waals surface area contributed by atoms with Crippen molar-refractivity contribution >= 4 is 21.6 Å². The highest BCUT2D eigenvalue weighted by atomic mass is 33.1. The second-order valence-corrected chi connectivity index (χ2v) is 11.7. The average Bonchev–Trinajstić information content (AvgIpc) is 3.25. The standard InChI is InChI=1S/C22H32O2S2/c1-21(2)13-18-15(5-10-20-22(3,24-20)12-11-19(18)21)14-25-26-17-8-6-16(23-4)7-9-17/h6-9,15,18-20H,5,10-14H2,1-4H3/t15-,18+,19+,20+,22+/m0/s1. The van der Waals surface area contributed by atoms with Crippen LogP contribution in [0.1, 0.15) is 52.9 Å². The Morgan fingerprint density at radius 1 is 1.12 bits per heavy atom. The van der Waals surface area contributed by atoms with Crippen molar-refractivity contribution < 1.29 is 9.47 Å². The molecule has 0 aromatic heterocycles. The topological polar surface area (TPSA) is 21.8 Å². The van der Waals surface area contributed by atoms with E-state index in [1.807, 2.05) is 21.6 Å². The van der Waals surface area contributed by atoms with Crippen LogP contribution in [-0.2, 0) is 4.74 Å². The molecule has 5 atom stereocenters. The fourth-order valence-electron chi connectivity index (χ4n) is 5.34. The van der Waals surface area contributed by atoms with Gasteiger partial charge in [-0.1, -0.05) is 35.4 Å². The number of epoxide rings is 1. The largest absolute Gasteiger partial charge is 0.497 e. The Hall–Kier alpha value is -0.320. The van der Waals surface area contributed by atoms with Crippen LogP contribution >= 0.6 is 21.6 Å². The highest BCUT2D eigenvalue weighted by Gasteiger charge is 2.56. The summed E-state index contributed by atoms with van der Waals surface area (Å²) >= 11 is 0. The van der Waals surface area contributed by atoms with E-state index in [-0.39, 0.29) is 5.60 Å². The highest BCUT2D eigenvalue weighted by molar-refractivity contribution is 8.76. The molecule has 0 amide bonds. The van der Waals surface area contributed by atoms with Crippen molar-refractivity contribution in [1.82, 2.24) is 0 Å². The van der Waals surface area contributed by atoms with E-state index in [1.54, 1.807) is 7.11 Å². The van der Waals surface area contributed by atoms with Gasteiger partial charge >= 0.3 is 0 Å². The molecule has 1 heterocycles. The summed E-state index contributed by atoms with van der Waals surface area (Å²) in [6, 6.07) is 8.44. The predicted molar refractivity (Wildman–Crippen MR) is 112 cm³/mol. The molecular formula is C22H32O2S2. The van der Waals surface area contributed by atoms with Gasteiger partial charge in [0.1, 0.15) is 5.75 Å². The van der Waals surface area contributed by atoms with Gasteiger partial charge in [0.2, 0.25) is 0 Å². The van der Waals surface area contributed by atoms with Crippen molar-refractivity contribution in [2.75, 3.05) is 12.9 Å². The van der Waals surface area contributed by atoms with Gasteiger partial charge in [-0.25, -0.2) is 0 Å². The van der Waals surface area contributed by atoms with Crippen LogP contribution in [0.3, 0.4) is 0 Å². The van der Waals surface area contributed by atoms with Gasteiger partial charge in [-0.15, -0.1) is 0 Å². The zero-order valence-corrected chi connectivity index (χ0v) is 18.1. The van der Waals surface area contributed by atoms with E-state index < -0.39 is 0 Å². The Labute approximate surface area is 166 Å². The zero-order valence-electron chi connectivity index (χ0n) is 16.5. The molecule has 144 valence electrons. The molecule has 1 aromatic carbocycles. The first-order valence-corrected chi connectivity index (χ1v) is 12.3. The summed E-state index contributed by atoms with van der Waals surface area (Å²) in [5, 5.41) is 0. The van der Waals surface area contributed by atoms with Crippen molar-refractivity contribution in [3.63, 3.8) is 0 Å². The van der Waals surface area contributed by atoms with Crippen LogP contribution in [0.5, 0.6) is 5.75 Å². The average molecular weight is 393 g/mol. The van der Waals surface area contributed by atoms with Gasteiger partial charge in [-0.05, 0) is 86.5 Å². The third kappa shape index (κ3) is 3.79. The lowest BCUT2D eigenvalue weighted by molar-refractivity contribution is -0.0519. The smallest absolute Gasteiger partial charge is 0.118 e. The van der Waals surface area contributed by atoms with Crippen molar-refractivity contribution in [2.24, 2.45) is 23.2 Å². The second-order valence-electron chi connectivity index (χ2n) is 9.30. The lowest BCUT2D eigenvalue weighted by Gasteiger charge is -2.55. The Kier molecular flexibility index (Phi) is 5.31. The normalized spacial score (nSPS) is 38.0. The minimum atomic E-state index is 0.204. The number of methoxy groups -OCH3 is 1. The van der Waals surface area contributed by atoms with Gasteiger partial charge in [0.15, 0.2) is 0 Å². The summed E-state index contributed by atoms with van der Waals surface area (Å²) in [4.78, 5) is 1.32. The molecule has 3 aliphatic rings. The van der Waals surface area contributed by atoms with Crippen LogP contribution in [0, 0.1) is 23.2 Å². The minimum absolute atomic E-state index is 0.204. The lowest BCUT2D eigenvalue weighted by Crippen LogP contribution is -2.48. The zero-order chi connectivity index (χ0) is 18.4. The number of ether oxygens (including phenoxy) is 2. The van der Waals surface area contributed by atoms with Crippen LogP contribution in [0.15, 0.2) is 29.2 Å². The van der Waals surface area contributed by atoms with Gasteiger partial charge in [0, 0.05) is 10.6 Å². The molecule has 4 rings (SSSR count). The molecule has 2 aliphatic carbocycles. The Bertz CT molecular complexity index is 630. The monoisotopic (exact) mass is 392 g/mol. The maximum absolute atomic E-state index is 6.08. The van der Waals surface area contributed by atoms with Crippen molar-refractivity contribution in [1.29, 1.82) is 0 Å². The van der Waals surface area contributed by atoms with Gasteiger partial charge in [0.25, 0.3) is 0 Å². The maximum atomic E-state index is 6.08. The van der Waals surface area contributed by atoms with E-state index in [4.69, 9.17) is 9.47 Å².